The summed E-state index contributed by atoms with van der Waals surface area (Å²) in [4.78, 5) is 0. The van der Waals surface area contributed by atoms with Crippen LogP contribution in [0, 0.1) is 5.92 Å². The maximum Gasteiger partial charge on any atom is 0.162 e. The summed E-state index contributed by atoms with van der Waals surface area (Å²) in [5, 5.41) is 13.6. The van der Waals surface area contributed by atoms with E-state index < -0.39 is 0 Å². The molecule has 1 aliphatic rings. The van der Waals surface area contributed by atoms with Crippen molar-refractivity contribution in [3.8, 4) is 11.5 Å². The van der Waals surface area contributed by atoms with Crippen molar-refractivity contribution in [1.82, 2.24) is 5.32 Å². The highest BCUT2D eigenvalue weighted by Gasteiger charge is 2.19. The molecular formula is C16H25NO2. The van der Waals surface area contributed by atoms with Crippen LogP contribution >= 0.6 is 0 Å². The van der Waals surface area contributed by atoms with Crippen LogP contribution in [0.25, 0.3) is 0 Å². The van der Waals surface area contributed by atoms with E-state index in [9.17, 15) is 5.11 Å². The third-order valence-corrected chi connectivity index (χ3v) is 4.31. The third-order valence-electron chi connectivity index (χ3n) is 4.31. The second-order valence-electron chi connectivity index (χ2n) is 5.47. The lowest BCUT2D eigenvalue weighted by atomic mass is 9.84. The van der Waals surface area contributed by atoms with Gasteiger partial charge in [0, 0.05) is 18.2 Å². The molecule has 106 valence electrons. The van der Waals surface area contributed by atoms with Crippen LogP contribution in [0.4, 0.5) is 0 Å². The molecule has 19 heavy (non-hydrogen) atoms. The normalized spacial score (nSPS) is 23.3. The molecule has 1 aromatic carbocycles. The zero-order valence-electron chi connectivity index (χ0n) is 12.0. The third kappa shape index (κ3) is 3.63. The van der Waals surface area contributed by atoms with Gasteiger partial charge in [-0.15, -0.1) is 0 Å². The first-order valence-electron chi connectivity index (χ1n) is 7.32. The van der Waals surface area contributed by atoms with E-state index in [2.05, 4.69) is 12.2 Å². The molecule has 0 saturated heterocycles. The molecule has 2 rings (SSSR count). The minimum Gasteiger partial charge on any atom is -0.504 e. The Bertz CT molecular complexity index is 398. The lowest BCUT2D eigenvalue weighted by molar-refractivity contribution is 0.284. The standard InChI is InChI=1S/C16H25NO2/c1-3-12-7-9-14(10-8-12)17-11-13-5-4-6-15(19-2)16(13)18/h4-6,12,14,17-18H,3,7-11H2,1-2H3. The van der Waals surface area contributed by atoms with Gasteiger partial charge in [0.1, 0.15) is 0 Å². The van der Waals surface area contributed by atoms with Crippen LogP contribution in [0.5, 0.6) is 11.5 Å². The van der Waals surface area contributed by atoms with Crippen LogP contribution < -0.4 is 10.1 Å². The molecule has 0 radical (unpaired) electrons. The van der Waals surface area contributed by atoms with Gasteiger partial charge in [-0.2, -0.15) is 0 Å². The molecule has 0 heterocycles. The number of phenols is 1. The number of hydrogen-bond acceptors (Lipinski definition) is 3. The Kier molecular flexibility index (Phi) is 5.08. The summed E-state index contributed by atoms with van der Waals surface area (Å²) in [6, 6.07) is 6.24. The van der Waals surface area contributed by atoms with Gasteiger partial charge < -0.3 is 15.2 Å². The van der Waals surface area contributed by atoms with Crippen LogP contribution in [0.3, 0.4) is 0 Å². The van der Waals surface area contributed by atoms with Gasteiger partial charge in [-0.1, -0.05) is 25.5 Å². The van der Waals surface area contributed by atoms with Crippen molar-refractivity contribution >= 4 is 0 Å². The van der Waals surface area contributed by atoms with Gasteiger partial charge in [-0.05, 0) is 37.7 Å². The molecule has 1 fully saturated rings. The Labute approximate surface area is 116 Å². The fourth-order valence-electron chi connectivity index (χ4n) is 2.90. The summed E-state index contributed by atoms with van der Waals surface area (Å²) in [5.74, 6) is 1.73. The minimum absolute atomic E-state index is 0.264. The van der Waals surface area contributed by atoms with Crippen LogP contribution in [0.2, 0.25) is 0 Å². The van der Waals surface area contributed by atoms with E-state index in [1.165, 1.54) is 32.1 Å². The van der Waals surface area contributed by atoms with Crippen LogP contribution in [0.1, 0.15) is 44.6 Å². The number of methoxy groups -OCH3 is 1. The van der Waals surface area contributed by atoms with Gasteiger partial charge >= 0.3 is 0 Å². The first-order valence-corrected chi connectivity index (χ1v) is 7.32. The van der Waals surface area contributed by atoms with Crippen LogP contribution in [-0.2, 0) is 6.54 Å². The van der Waals surface area contributed by atoms with E-state index in [1.54, 1.807) is 13.2 Å². The van der Waals surface area contributed by atoms with Crippen molar-refractivity contribution in [2.24, 2.45) is 5.92 Å². The molecule has 3 heteroatoms. The summed E-state index contributed by atoms with van der Waals surface area (Å²) >= 11 is 0. The van der Waals surface area contributed by atoms with E-state index in [1.807, 2.05) is 12.1 Å². The Morgan fingerprint density at radius 3 is 2.63 bits per heavy atom. The molecule has 0 aromatic heterocycles. The topological polar surface area (TPSA) is 41.5 Å². The maximum atomic E-state index is 10.0. The van der Waals surface area contributed by atoms with Crippen molar-refractivity contribution in [1.29, 1.82) is 0 Å². The molecule has 0 atom stereocenters. The molecule has 0 spiro atoms. The van der Waals surface area contributed by atoms with E-state index in [0.717, 1.165) is 11.5 Å². The number of phenolic OH excluding ortho intramolecular Hbond substituents is 1. The first-order chi connectivity index (χ1) is 9.24. The molecule has 1 aliphatic carbocycles. The number of rotatable bonds is 5. The van der Waals surface area contributed by atoms with Crippen molar-refractivity contribution in [3.63, 3.8) is 0 Å². The average molecular weight is 263 g/mol. The summed E-state index contributed by atoms with van der Waals surface area (Å²) in [6.45, 7) is 3.00. The fourth-order valence-corrected chi connectivity index (χ4v) is 2.90. The SMILES string of the molecule is CCC1CCC(NCc2cccc(OC)c2O)CC1. The average Bonchev–Trinajstić information content (AvgIpc) is 2.47. The molecule has 3 nitrogen and oxygen atoms in total. The maximum absolute atomic E-state index is 10.0. The Morgan fingerprint density at radius 2 is 2.00 bits per heavy atom. The zero-order chi connectivity index (χ0) is 13.7. The number of benzene rings is 1. The second-order valence-corrected chi connectivity index (χ2v) is 5.47. The predicted molar refractivity (Wildman–Crippen MR) is 77.5 cm³/mol. The minimum atomic E-state index is 0.264. The summed E-state index contributed by atoms with van der Waals surface area (Å²) in [5.41, 5.74) is 0.914. The predicted octanol–water partition coefficient (Wildman–Crippen LogP) is 3.46. The molecule has 1 aromatic rings. The molecule has 0 aliphatic heterocycles. The van der Waals surface area contributed by atoms with E-state index in [-0.39, 0.29) is 5.75 Å². The molecule has 0 unspecified atom stereocenters. The molecule has 2 N–H and O–H groups in total. The summed E-state index contributed by atoms with van der Waals surface area (Å²) in [6.07, 6.45) is 6.48. The summed E-state index contributed by atoms with van der Waals surface area (Å²) < 4.78 is 5.13. The highest BCUT2D eigenvalue weighted by molar-refractivity contribution is 5.45. The Balaban J connectivity index is 1.86. The fraction of sp³-hybridized carbons (Fsp3) is 0.625. The second kappa shape index (κ2) is 6.80. The van der Waals surface area contributed by atoms with Crippen molar-refractivity contribution in [2.45, 2.75) is 51.6 Å². The molecule has 1 saturated carbocycles. The summed E-state index contributed by atoms with van der Waals surface area (Å²) in [7, 11) is 1.58. The number of para-hydroxylation sites is 1. The quantitative estimate of drug-likeness (QED) is 0.855. The Hall–Kier alpha value is -1.22. The lowest BCUT2D eigenvalue weighted by Crippen LogP contribution is -2.32. The van der Waals surface area contributed by atoms with E-state index in [4.69, 9.17) is 4.74 Å². The lowest BCUT2D eigenvalue weighted by Gasteiger charge is -2.28. The smallest absolute Gasteiger partial charge is 0.162 e. The van der Waals surface area contributed by atoms with E-state index in [0.29, 0.717) is 18.3 Å². The first kappa shape index (κ1) is 14.2. The van der Waals surface area contributed by atoms with Gasteiger partial charge in [-0.25, -0.2) is 0 Å². The van der Waals surface area contributed by atoms with Crippen LogP contribution in [0.15, 0.2) is 18.2 Å². The van der Waals surface area contributed by atoms with Gasteiger partial charge in [0.25, 0.3) is 0 Å². The number of ether oxygens (including phenoxy) is 1. The van der Waals surface area contributed by atoms with Crippen molar-refractivity contribution in [3.05, 3.63) is 23.8 Å². The van der Waals surface area contributed by atoms with E-state index >= 15 is 0 Å². The van der Waals surface area contributed by atoms with Crippen LogP contribution in [-0.4, -0.2) is 18.3 Å². The Morgan fingerprint density at radius 1 is 1.26 bits per heavy atom. The molecule has 0 bridgehead atoms. The van der Waals surface area contributed by atoms with Gasteiger partial charge in [0.15, 0.2) is 11.5 Å². The van der Waals surface area contributed by atoms with Gasteiger partial charge in [0.05, 0.1) is 7.11 Å². The van der Waals surface area contributed by atoms with Crippen molar-refractivity contribution in [2.75, 3.05) is 7.11 Å². The van der Waals surface area contributed by atoms with Gasteiger partial charge in [0.2, 0.25) is 0 Å². The highest BCUT2D eigenvalue weighted by Crippen LogP contribution is 2.30. The zero-order valence-corrected chi connectivity index (χ0v) is 12.0. The number of aromatic hydroxyl groups is 1. The molecular weight excluding hydrogens is 238 g/mol. The monoisotopic (exact) mass is 263 g/mol. The number of nitrogens with one attached hydrogen (secondary N) is 1. The van der Waals surface area contributed by atoms with Gasteiger partial charge in [-0.3, -0.25) is 0 Å². The number of hydrogen-bond donors (Lipinski definition) is 2. The highest BCUT2D eigenvalue weighted by atomic mass is 16.5. The van der Waals surface area contributed by atoms with Crippen molar-refractivity contribution < 1.29 is 9.84 Å². The largest absolute Gasteiger partial charge is 0.504 e. The molecule has 0 amide bonds.